The number of aromatic nitrogens is 1. The Bertz CT molecular complexity index is 1120. The van der Waals surface area contributed by atoms with Crippen LogP contribution >= 0.6 is 11.8 Å². The molecule has 10 heteroatoms. The molecule has 0 fully saturated rings. The van der Waals surface area contributed by atoms with Gasteiger partial charge >= 0.3 is 12.1 Å². The second kappa shape index (κ2) is 10.7. The van der Waals surface area contributed by atoms with E-state index >= 15 is 0 Å². The summed E-state index contributed by atoms with van der Waals surface area (Å²) in [5, 5.41) is 12.7. The van der Waals surface area contributed by atoms with Gasteiger partial charge in [0.2, 0.25) is 5.83 Å². The average Bonchev–Trinajstić information content (AvgIpc) is 3.19. The lowest BCUT2D eigenvalue weighted by molar-refractivity contribution is -0.137. The number of thioether (sulfide) groups is 1. The highest BCUT2D eigenvalue weighted by Crippen LogP contribution is 2.34. The van der Waals surface area contributed by atoms with Crippen LogP contribution in [0.3, 0.4) is 0 Å². The number of alkyl halides is 3. The first-order chi connectivity index (χ1) is 15.7. The van der Waals surface area contributed by atoms with Crippen molar-refractivity contribution < 1.29 is 36.7 Å². The van der Waals surface area contributed by atoms with E-state index in [9.17, 15) is 22.4 Å². The summed E-state index contributed by atoms with van der Waals surface area (Å²) in [4.78, 5) is 11.4. The molecule has 174 valence electrons. The van der Waals surface area contributed by atoms with E-state index in [0.29, 0.717) is 40.5 Å². The fraction of sp³-hybridized carbons (Fsp3) is 0.217. The van der Waals surface area contributed by atoms with Gasteiger partial charge in [-0.15, -0.1) is 11.8 Å². The van der Waals surface area contributed by atoms with E-state index in [4.69, 9.17) is 14.4 Å². The second-order valence-electron chi connectivity index (χ2n) is 6.80. The summed E-state index contributed by atoms with van der Waals surface area (Å²) in [6.45, 7) is 2.44. The molecule has 0 radical (unpaired) electrons. The summed E-state index contributed by atoms with van der Waals surface area (Å²) in [6.07, 6.45) is -3.51. The number of ether oxygens (including phenoxy) is 1. The molecule has 5 nitrogen and oxygen atoms in total. The second-order valence-corrected chi connectivity index (χ2v) is 7.85. The van der Waals surface area contributed by atoms with Gasteiger partial charge in [-0.1, -0.05) is 29.4 Å². The third-order valence-electron chi connectivity index (χ3n) is 4.55. The number of carboxylic acids is 1. The Labute approximate surface area is 191 Å². The van der Waals surface area contributed by atoms with Crippen LogP contribution in [0.15, 0.2) is 63.8 Å². The third kappa shape index (κ3) is 6.45. The van der Waals surface area contributed by atoms with Crippen LogP contribution in [0.4, 0.5) is 17.6 Å². The lowest BCUT2D eigenvalue weighted by Gasteiger charge is -2.08. The van der Waals surface area contributed by atoms with Gasteiger partial charge in [-0.25, -0.2) is 4.79 Å². The first kappa shape index (κ1) is 24.5. The van der Waals surface area contributed by atoms with E-state index in [1.165, 1.54) is 23.9 Å². The molecule has 0 saturated carbocycles. The van der Waals surface area contributed by atoms with Crippen molar-refractivity contribution in [2.45, 2.75) is 30.4 Å². The number of hydrogen-bond donors (Lipinski definition) is 1. The van der Waals surface area contributed by atoms with Gasteiger partial charge in [-0.3, -0.25) is 0 Å². The minimum absolute atomic E-state index is 0.185. The largest absolute Gasteiger partial charge is 0.476 e. The predicted octanol–water partition coefficient (Wildman–Crippen LogP) is 6.58. The molecule has 2 aromatic carbocycles. The van der Waals surface area contributed by atoms with Crippen LogP contribution in [0.25, 0.3) is 17.4 Å². The fourth-order valence-corrected chi connectivity index (χ4v) is 3.72. The quantitative estimate of drug-likeness (QED) is 0.211. The summed E-state index contributed by atoms with van der Waals surface area (Å²) in [7, 11) is 0. The van der Waals surface area contributed by atoms with Gasteiger partial charge < -0.3 is 14.4 Å². The molecule has 0 unspecified atom stereocenters. The smallest absolute Gasteiger partial charge is 0.416 e. The normalized spacial score (nSPS) is 12.2. The van der Waals surface area contributed by atoms with Gasteiger partial charge in [-0.2, -0.15) is 17.6 Å². The maximum absolute atomic E-state index is 13.2. The molecule has 0 amide bonds. The van der Waals surface area contributed by atoms with E-state index in [1.807, 2.05) is 6.92 Å². The molecule has 1 heterocycles. The molecule has 33 heavy (non-hydrogen) atoms. The number of hydrogen-bond acceptors (Lipinski definition) is 5. The molecule has 0 aliphatic heterocycles. The molecule has 0 aliphatic rings. The summed E-state index contributed by atoms with van der Waals surface area (Å²) in [6, 6.07) is 11.2. The maximum Gasteiger partial charge on any atom is 0.416 e. The van der Waals surface area contributed by atoms with Gasteiger partial charge in [0.1, 0.15) is 0 Å². The Kier molecular flexibility index (Phi) is 7.93. The molecule has 1 N–H and O–H groups in total. The van der Waals surface area contributed by atoms with E-state index in [2.05, 4.69) is 5.16 Å². The van der Waals surface area contributed by atoms with Crippen LogP contribution in [0.5, 0.6) is 0 Å². The predicted molar refractivity (Wildman–Crippen MR) is 115 cm³/mol. The highest BCUT2D eigenvalue weighted by atomic mass is 32.2. The topological polar surface area (TPSA) is 72.6 Å². The summed E-state index contributed by atoms with van der Waals surface area (Å²) in [5.74, 6) is -2.15. The molecular formula is C23H19F4NO4S. The number of benzene rings is 2. The zero-order chi connectivity index (χ0) is 24.0. The lowest BCUT2D eigenvalue weighted by atomic mass is 10.1. The Balaban J connectivity index is 1.77. The van der Waals surface area contributed by atoms with Crippen LogP contribution in [-0.4, -0.2) is 22.8 Å². The van der Waals surface area contributed by atoms with Crippen molar-refractivity contribution >= 4 is 23.8 Å². The van der Waals surface area contributed by atoms with Crippen molar-refractivity contribution in [1.29, 1.82) is 0 Å². The minimum Gasteiger partial charge on any atom is -0.476 e. The van der Waals surface area contributed by atoms with Gasteiger partial charge in [-0.05, 0) is 42.8 Å². The third-order valence-corrected chi connectivity index (χ3v) is 5.57. The Morgan fingerprint density at radius 3 is 2.39 bits per heavy atom. The average molecular weight is 481 g/mol. The molecule has 0 saturated heterocycles. The number of carboxylic acid groups (broad SMARTS) is 1. The lowest BCUT2D eigenvalue weighted by Crippen LogP contribution is -2.04. The Hall–Kier alpha value is -3.11. The molecular weight excluding hydrogens is 462 g/mol. The van der Waals surface area contributed by atoms with Crippen molar-refractivity contribution in [3.63, 3.8) is 0 Å². The SMILES string of the molecule is CCOCc1c(CSc2ccc(/C=C(\F)C(=O)O)cc2)noc1-c1ccc(C(F)(F)F)cc1. The summed E-state index contributed by atoms with van der Waals surface area (Å²) < 4.78 is 62.7. The van der Waals surface area contributed by atoms with Crippen molar-refractivity contribution in [1.82, 2.24) is 5.16 Å². The first-order valence-corrected chi connectivity index (χ1v) is 10.7. The zero-order valence-corrected chi connectivity index (χ0v) is 18.2. The minimum atomic E-state index is -4.43. The Morgan fingerprint density at radius 2 is 1.82 bits per heavy atom. The monoisotopic (exact) mass is 481 g/mol. The van der Waals surface area contributed by atoms with Crippen molar-refractivity contribution in [3.8, 4) is 11.3 Å². The number of carbonyl (C=O) groups is 1. The summed E-state index contributed by atoms with van der Waals surface area (Å²) in [5.41, 5.74) is 1.34. The number of nitrogens with zero attached hydrogens (tertiary/aromatic N) is 1. The van der Waals surface area contributed by atoms with Crippen LogP contribution < -0.4 is 0 Å². The molecule has 0 atom stereocenters. The van der Waals surface area contributed by atoms with Gasteiger partial charge in [0.05, 0.1) is 17.9 Å². The first-order valence-electron chi connectivity index (χ1n) is 9.75. The molecule has 3 rings (SSSR count). The van der Waals surface area contributed by atoms with Gasteiger partial charge in [0.15, 0.2) is 5.76 Å². The summed E-state index contributed by atoms with van der Waals surface area (Å²) >= 11 is 1.41. The fourth-order valence-electron chi connectivity index (χ4n) is 2.87. The number of halogens is 4. The van der Waals surface area contributed by atoms with Crippen LogP contribution in [-0.2, 0) is 28.1 Å². The van der Waals surface area contributed by atoms with Crippen molar-refractivity contribution in [2.75, 3.05) is 6.61 Å². The highest BCUT2D eigenvalue weighted by Gasteiger charge is 2.30. The van der Waals surface area contributed by atoms with Crippen molar-refractivity contribution in [3.05, 3.63) is 76.7 Å². The van der Waals surface area contributed by atoms with E-state index in [1.54, 1.807) is 24.3 Å². The Morgan fingerprint density at radius 1 is 1.15 bits per heavy atom. The maximum atomic E-state index is 13.2. The number of aliphatic carboxylic acids is 1. The van der Waals surface area contributed by atoms with Crippen LogP contribution in [0.1, 0.15) is 29.3 Å². The molecule has 1 aromatic heterocycles. The van der Waals surface area contributed by atoms with Crippen molar-refractivity contribution in [2.24, 2.45) is 0 Å². The molecule has 3 aromatic rings. The van der Waals surface area contributed by atoms with Crippen LogP contribution in [0, 0.1) is 0 Å². The van der Waals surface area contributed by atoms with Gasteiger partial charge in [0, 0.05) is 28.4 Å². The van der Waals surface area contributed by atoms with E-state index in [-0.39, 0.29) is 6.61 Å². The van der Waals surface area contributed by atoms with Crippen LogP contribution in [0.2, 0.25) is 0 Å². The molecule has 0 bridgehead atoms. The standard InChI is InChI=1S/C23H19F4NO4S/c1-2-31-12-18-20(13-33-17-9-3-14(4-10-17)11-19(24)22(29)30)28-32-21(18)15-5-7-16(8-6-15)23(25,26)27/h3-11H,2,12-13H2,1H3,(H,29,30)/b19-11-. The highest BCUT2D eigenvalue weighted by molar-refractivity contribution is 7.98. The molecule has 0 aliphatic carbocycles. The van der Waals surface area contributed by atoms with Gasteiger partial charge in [0.25, 0.3) is 0 Å². The zero-order valence-electron chi connectivity index (χ0n) is 17.4. The van der Waals surface area contributed by atoms with E-state index < -0.39 is 23.5 Å². The number of rotatable bonds is 9. The van der Waals surface area contributed by atoms with E-state index in [0.717, 1.165) is 23.1 Å². The molecule has 0 spiro atoms.